The Morgan fingerprint density at radius 2 is 1.89 bits per heavy atom. The van der Waals surface area contributed by atoms with Crippen LogP contribution in [0.25, 0.3) is 0 Å². The molecule has 0 radical (unpaired) electrons. The zero-order valence-corrected chi connectivity index (χ0v) is 11.8. The van der Waals surface area contributed by atoms with Crippen LogP contribution in [0.5, 0.6) is 5.75 Å². The number of aliphatic hydroxyl groups excluding tert-OH is 1. The molecular weight excluding hydrogens is 269 g/mol. The summed E-state index contributed by atoms with van der Waals surface area (Å²) in [4.78, 5) is 19.7. The number of hydrogen-bond donors (Lipinski definition) is 4. The predicted octanol–water partition coefficient (Wildman–Crippen LogP) is 1.23. The zero-order valence-electron chi connectivity index (χ0n) is 10.9. The summed E-state index contributed by atoms with van der Waals surface area (Å²) in [5.41, 5.74) is 0.957. The number of aromatic hydroxyl groups is 1. The van der Waals surface area contributed by atoms with Crippen molar-refractivity contribution < 1.29 is 24.6 Å². The van der Waals surface area contributed by atoms with E-state index in [1.807, 2.05) is 6.92 Å². The minimum Gasteiger partial charge on any atom is -0.507 e. The Kier molecular flexibility index (Phi) is 5.97. The molecule has 0 saturated carbocycles. The summed E-state index contributed by atoms with van der Waals surface area (Å²) in [6.07, 6.45) is 0.407. The quantitative estimate of drug-likeness (QED) is 0.563. The molecule has 108 valence electrons. The largest absolute Gasteiger partial charge is 0.507 e. The van der Waals surface area contributed by atoms with E-state index in [9.17, 15) is 9.67 Å². The van der Waals surface area contributed by atoms with Crippen molar-refractivity contribution in [1.82, 2.24) is 4.90 Å². The van der Waals surface area contributed by atoms with Crippen molar-refractivity contribution in [1.29, 1.82) is 0 Å². The molecule has 1 aromatic rings. The van der Waals surface area contributed by atoms with E-state index in [0.717, 1.165) is 6.42 Å². The van der Waals surface area contributed by atoms with Crippen LogP contribution in [0.4, 0.5) is 0 Å². The number of rotatable bonds is 7. The van der Waals surface area contributed by atoms with E-state index in [4.69, 9.17) is 14.9 Å². The second-order valence-corrected chi connectivity index (χ2v) is 6.05. The maximum Gasteiger partial charge on any atom is 0.339 e. The Morgan fingerprint density at radius 1 is 1.26 bits per heavy atom. The minimum atomic E-state index is -4.13. The number of hydrogen-bond acceptors (Lipinski definition) is 4. The third-order valence-corrected chi connectivity index (χ3v) is 3.46. The molecular formula is C12H20NO5P. The second-order valence-electron chi connectivity index (χ2n) is 4.44. The lowest BCUT2D eigenvalue weighted by molar-refractivity contribution is 0.261. The first-order chi connectivity index (χ1) is 8.87. The van der Waals surface area contributed by atoms with Crippen molar-refractivity contribution in [3.63, 3.8) is 0 Å². The molecule has 0 aliphatic carbocycles. The summed E-state index contributed by atoms with van der Waals surface area (Å²) in [7, 11) is -4.13. The Morgan fingerprint density at radius 3 is 2.42 bits per heavy atom. The average molecular weight is 289 g/mol. The normalized spacial score (nSPS) is 12.1. The highest BCUT2D eigenvalue weighted by Crippen LogP contribution is 2.36. The van der Waals surface area contributed by atoms with Gasteiger partial charge < -0.3 is 20.0 Å². The van der Waals surface area contributed by atoms with Gasteiger partial charge in [-0.3, -0.25) is 9.46 Å². The molecule has 0 aliphatic rings. The van der Waals surface area contributed by atoms with Crippen LogP contribution < -0.4 is 0 Å². The summed E-state index contributed by atoms with van der Waals surface area (Å²) < 4.78 is 11.1. The molecule has 4 N–H and O–H groups in total. The van der Waals surface area contributed by atoms with Gasteiger partial charge in [-0.1, -0.05) is 25.1 Å². The van der Waals surface area contributed by atoms with Gasteiger partial charge in [0.2, 0.25) is 0 Å². The van der Waals surface area contributed by atoms with Gasteiger partial charge in [0.1, 0.15) is 12.0 Å². The van der Waals surface area contributed by atoms with Crippen molar-refractivity contribution in [3.05, 3.63) is 29.3 Å². The number of nitrogens with zero attached hydrogens (tertiary/aromatic N) is 1. The fourth-order valence-electron chi connectivity index (χ4n) is 1.92. The van der Waals surface area contributed by atoms with Crippen LogP contribution in [0.1, 0.15) is 24.5 Å². The van der Waals surface area contributed by atoms with Crippen LogP contribution in [0, 0.1) is 0 Å². The van der Waals surface area contributed by atoms with E-state index in [1.165, 1.54) is 0 Å². The summed E-state index contributed by atoms with van der Waals surface area (Å²) in [5.74, 6) is -0.0168. The van der Waals surface area contributed by atoms with Crippen molar-refractivity contribution >= 4 is 7.60 Å². The molecule has 6 nitrogen and oxygen atoms in total. The monoisotopic (exact) mass is 289 g/mol. The van der Waals surface area contributed by atoms with Crippen molar-refractivity contribution in [2.75, 3.05) is 12.8 Å². The maximum absolute atomic E-state index is 11.1. The van der Waals surface area contributed by atoms with Gasteiger partial charge in [0.05, 0.1) is 6.61 Å². The molecule has 0 bridgehead atoms. The molecule has 7 heteroatoms. The van der Waals surface area contributed by atoms with Gasteiger partial charge in [-0.05, 0) is 13.0 Å². The molecule has 0 spiro atoms. The molecule has 0 aliphatic heterocycles. The molecule has 19 heavy (non-hydrogen) atoms. The predicted molar refractivity (Wildman–Crippen MR) is 71.6 cm³/mol. The smallest absolute Gasteiger partial charge is 0.339 e. The van der Waals surface area contributed by atoms with Gasteiger partial charge in [-0.2, -0.15) is 0 Å². The SMILES string of the molecule is CCCN(Cc1cccc(CO)c1O)CP(=O)(O)O. The number of aliphatic hydroxyl groups is 1. The van der Waals surface area contributed by atoms with Crippen LogP contribution in [0.15, 0.2) is 18.2 Å². The first kappa shape index (κ1) is 16.1. The Hall–Kier alpha value is -0.910. The fourth-order valence-corrected chi connectivity index (χ4v) is 2.68. The lowest BCUT2D eigenvalue weighted by Gasteiger charge is -2.22. The molecule has 0 amide bonds. The van der Waals surface area contributed by atoms with Crippen molar-refractivity contribution in [3.8, 4) is 5.75 Å². The van der Waals surface area contributed by atoms with Gasteiger partial charge in [-0.15, -0.1) is 0 Å². The standard InChI is InChI=1S/C12H20NO5P/c1-2-6-13(9-19(16,17)18)7-10-4-3-5-11(8-14)12(10)15/h3-5,14-15H,2,6-9H2,1H3,(H2,16,17,18). The summed E-state index contributed by atoms with van der Waals surface area (Å²) in [5, 5.41) is 19.0. The molecule has 0 heterocycles. The highest BCUT2D eigenvalue weighted by Gasteiger charge is 2.20. The molecule has 1 aromatic carbocycles. The average Bonchev–Trinajstić information content (AvgIpc) is 2.30. The zero-order chi connectivity index (χ0) is 14.5. The third-order valence-electron chi connectivity index (χ3n) is 2.69. The van der Waals surface area contributed by atoms with Gasteiger partial charge in [0, 0.05) is 17.7 Å². The molecule has 1 rings (SSSR count). The summed E-state index contributed by atoms with van der Waals surface area (Å²) >= 11 is 0. The number of phenols is 1. The van der Waals surface area contributed by atoms with E-state index < -0.39 is 7.60 Å². The van der Waals surface area contributed by atoms with E-state index in [-0.39, 0.29) is 25.2 Å². The van der Waals surface area contributed by atoms with E-state index >= 15 is 0 Å². The number of benzene rings is 1. The van der Waals surface area contributed by atoms with Gasteiger partial charge in [-0.25, -0.2) is 0 Å². The summed E-state index contributed by atoms with van der Waals surface area (Å²) in [6.45, 7) is 2.40. The third kappa shape index (κ3) is 5.30. The highest BCUT2D eigenvalue weighted by molar-refractivity contribution is 7.51. The van der Waals surface area contributed by atoms with Crippen LogP contribution in [-0.2, 0) is 17.7 Å². The first-order valence-electron chi connectivity index (χ1n) is 6.05. The Balaban J connectivity index is 2.87. The van der Waals surface area contributed by atoms with Crippen LogP contribution in [0.3, 0.4) is 0 Å². The second kappa shape index (κ2) is 7.03. The van der Waals surface area contributed by atoms with E-state index in [0.29, 0.717) is 17.7 Å². The lowest BCUT2D eigenvalue weighted by atomic mass is 10.1. The van der Waals surface area contributed by atoms with Crippen molar-refractivity contribution in [2.45, 2.75) is 26.5 Å². The highest BCUT2D eigenvalue weighted by atomic mass is 31.2. The van der Waals surface area contributed by atoms with E-state index in [2.05, 4.69) is 0 Å². The summed E-state index contributed by atoms with van der Waals surface area (Å²) in [6, 6.07) is 4.98. The molecule has 0 atom stereocenters. The van der Waals surface area contributed by atoms with Gasteiger partial charge in [0.15, 0.2) is 0 Å². The van der Waals surface area contributed by atoms with Gasteiger partial charge in [0.25, 0.3) is 0 Å². The van der Waals surface area contributed by atoms with Crippen LogP contribution in [-0.4, -0.2) is 37.7 Å². The first-order valence-corrected chi connectivity index (χ1v) is 7.84. The molecule has 0 saturated heterocycles. The molecule has 0 aromatic heterocycles. The topological polar surface area (TPSA) is 101 Å². The maximum atomic E-state index is 11.1. The Labute approximate surface area is 112 Å². The van der Waals surface area contributed by atoms with E-state index in [1.54, 1.807) is 23.1 Å². The van der Waals surface area contributed by atoms with Gasteiger partial charge >= 0.3 is 7.60 Å². The lowest BCUT2D eigenvalue weighted by Crippen LogP contribution is -2.25. The number of para-hydroxylation sites is 1. The fraction of sp³-hybridized carbons (Fsp3) is 0.500. The molecule has 0 fully saturated rings. The minimum absolute atomic E-state index is 0.0168. The molecule has 0 unspecified atom stereocenters. The van der Waals surface area contributed by atoms with Crippen LogP contribution in [0.2, 0.25) is 0 Å². The van der Waals surface area contributed by atoms with Crippen LogP contribution >= 0.6 is 7.60 Å². The van der Waals surface area contributed by atoms with Crippen molar-refractivity contribution in [2.24, 2.45) is 0 Å². The Bertz CT molecular complexity index is 459.